The fourth-order valence-electron chi connectivity index (χ4n) is 4.49. The fourth-order valence-corrected chi connectivity index (χ4v) is 4.49. The van der Waals surface area contributed by atoms with Crippen LogP contribution in [0.4, 0.5) is 5.95 Å². The van der Waals surface area contributed by atoms with Gasteiger partial charge < -0.3 is 19.7 Å². The van der Waals surface area contributed by atoms with E-state index in [0.29, 0.717) is 0 Å². The molecule has 1 aromatic heterocycles. The zero-order chi connectivity index (χ0) is 18.6. The summed E-state index contributed by atoms with van der Waals surface area (Å²) in [5.74, 6) is 1.01. The van der Waals surface area contributed by atoms with E-state index in [4.69, 9.17) is 14.5 Å². The minimum absolute atomic E-state index is 0.0305. The lowest BCUT2D eigenvalue weighted by Gasteiger charge is -2.32. The Morgan fingerprint density at radius 3 is 2.93 bits per heavy atom. The molecule has 7 heteroatoms. The lowest BCUT2D eigenvalue weighted by molar-refractivity contribution is -0.128. The van der Waals surface area contributed by atoms with Gasteiger partial charge in [0.25, 0.3) is 0 Å². The number of ether oxygens (including phenoxy) is 2. The maximum absolute atomic E-state index is 12.8. The Hall–Kier alpha value is -1.73. The van der Waals surface area contributed by atoms with Crippen LogP contribution in [-0.4, -0.2) is 55.4 Å². The molecule has 1 aromatic rings. The Morgan fingerprint density at radius 2 is 2.11 bits per heavy atom. The number of amides is 1. The van der Waals surface area contributed by atoms with E-state index in [9.17, 15) is 4.79 Å². The second-order valence-corrected chi connectivity index (χ2v) is 7.85. The van der Waals surface area contributed by atoms with E-state index in [1.165, 1.54) is 0 Å². The molecule has 3 atom stereocenters. The van der Waals surface area contributed by atoms with Crippen LogP contribution < -0.4 is 10.2 Å². The van der Waals surface area contributed by atoms with Crippen molar-refractivity contribution in [2.45, 2.75) is 57.1 Å². The minimum atomic E-state index is 0.0305. The van der Waals surface area contributed by atoms with E-state index in [2.05, 4.69) is 15.2 Å². The highest BCUT2D eigenvalue weighted by molar-refractivity contribution is 5.79. The van der Waals surface area contributed by atoms with Crippen LogP contribution in [0.5, 0.6) is 0 Å². The number of methoxy groups -OCH3 is 1. The molecule has 0 aromatic carbocycles. The fraction of sp³-hybridized carbons (Fsp3) is 0.750. The number of carbonyl (C=O) groups excluding carboxylic acids is 1. The number of nitrogens with zero attached hydrogens (tertiary/aromatic N) is 3. The molecule has 3 aliphatic rings. The lowest BCUT2D eigenvalue weighted by Crippen LogP contribution is -2.39. The largest absolute Gasteiger partial charge is 0.381 e. The standard InChI is InChI=1S/C20H30N4O3/c1-26-15-5-2-4-14(12-15)19(25)22-17-6-3-7-18-16(17)13-21-20(23-18)24-8-10-27-11-9-24/h13-15,17H,2-12H2,1H3,(H,22,25)/t14-,15-,17+/m1/s1. The summed E-state index contributed by atoms with van der Waals surface area (Å²) < 4.78 is 10.9. The second-order valence-electron chi connectivity index (χ2n) is 7.85. The normalized spacial score (nSPS) is 28.5. The van der Waals surface area contributed by atoms with E-state index in [1.54, 1.807) is 7.11 Å². The number of anilines is 1. The first kappa shape index (κ1) is 18.6. The molecule has 1 aliphatic heterocycles. The molecule has 148 valence electrons. The van der Waals surface area contributed by atoms with Crippen LogP contribution in [0.15, 0.2) is 6.20 Å². The number of hydrogen-bond donors (Lipinski definition) is 1. The third kappa shape index (κ3) is 4.24. The van der Waals surface area contributed by atoms with Crippen molar-refractivity contribution >= 4 is 11.9 Å². The van der Waals surface area contributed by atoms with Gasteiger partial charge in [0.15, 0.2) is 0 Å². The number of aromatic nitrogens is 2. The van der Waals surface area contributed by atoms with Gasteiger partial charge in [0.2, 0.25) is 11.9 Å². The van der Waals surface area contributed by atoms with Crippen LogP contribution in [0.2, 0.25) is 0 Å². The van der Waals surface area contributed by atoms with Crippen molar-refractivity contribution in [1.82, 2.24) is 15.3 Å². The molecular formula is C20H30N4O3. The van der Waals surface area contributed by atoms with E-state index < -0.39 is 0 Å². The number of carbonyl (C=O) groups is 1. The first-order valence-corrected chi connectivity index (χ1v) is 10.3. The van der Waals surface area contributed by atoms with E-state index >= 15 is 0 Å². The third-order valence-electron chi connectivity index (χ3n) is 6.11. The maximum Gasteiger partial charge on any atom is 0.225 e. The maximum atomic E-state index is 12.8. The molecule has 27 heavy (non-hydrogen) atoms. The molecule has 1 saturated heterocycles. The van der Waals surface area contributed by atoms with E-state index in [0.717, 1.165) is 88.5 Å². The molecule has 2 aliphatic carbocycles. The highest BCUT2D eigenvalue weighted by atomic mass is 16.5. The Labute approximate surface area is 160 Å². The summed E-state index contributed by atoms with van der Waals surface area (Å²) in [5.41, 5.74) is 2.17. The highest BCUT2D eigenvalue weighted by Crippen LogP contribution is 2.31. The Morgan fingerprint density at radius 1 is 1.26 bits per heavy atom. The predicted octanol–water partition coefficient (Wildman–Crippen LogP) is 2.01. The van der Waals surface area contributed by atoms with Crippen molar-refractivity contribution in [3.05, 3.63) is 17.5 Å². The average Bonchev–Trinajstić information content (AvgIpc) is 2.74. The van der Waals surface area contributed by atoms with Crippen LogP contribution in [0.1, 0.15) is 55.8 Å². The molecule has 0 radical (unpaired) electrons. The van der Waals surface area contributed by atoms with E-state index in [-0.39, 0.29) is 24.0 Å². The van der Waals surface area contributed by atoms with Crippen LogP contribution in [-0.2, 0) is 20.7 Å². The van der Waals surface area contributed by atoms with Gasteiger partial charge in [0, 0.05) is 37.9 Å². The summed E-state index contributed by atoms with van der Waals surface area (Å²) in [6.07, 6.45) is 9.00. The molecule has 0 bridgehead atoms. The Bertz CT molecular complexity index is 663. The van der Waals surface area contributed by atoms with Crippen molar-refractivity contribution in [2.75, 3.05) is 38.3 Å². The monoisotopic (exact) mass is 374 g/mol. The zero-order valence-electron chi connectivity index (χ0n) is 16.2. The number of morpholine rings is 1. The van der Waals surface area contributed by atoms with Gasteiger partial charge >= 0.3 is 0 Å². The number of hydrogen-bond acceptors (Lipinski definition) is 6. The molecule has 0 unspecified atom stereocenters. The summed E-state index contributed by atoms with van der Waals surface area (Å²) in [5, 5.41) is 3.28. The van der Waals surface area contributed by atoms with Gasteiger partial charge in [-0.25, -0.2) is 9.97 Å². The van der Waals surface area contributed by atoms with Gasteiger partial charge in [-0.15, -0.1) is 0 Å². The van der Waals surface area contributed by atoms with Gasteiger partial charge in [-0.1, -0.05) is 6.42 Å². The second kappa shape index (κ2) is 8.52. The number of aryl methyl sites for hydroxylation is 1. The molecule has 1 saturated carbocycles. The molecule has 2 fully saturated rings. The Kier molecular flexibility index (Phi) is 5.88. The SMILES string of the molecule is CO[C@@H]1CCC[C@@H](C(=O)N[C@H]2CCCc3nc(N4CCOCC4)ncc32)C1. The summed E-state index contributed by atoms with van der Waals surface area (Å²) in [6.45, 7) is 3.12. The summed E-state index contributed by atoms with van der Waals surface area (Å²) >= 11 is 0. The van der Waals surface area contributed by atoms with Crippen LogP contribution >= 0.6 is 0 Å². The number of fused-ring (bicyclic) bond motifs is 1. The topological polar surface area (TPSA) is 76.6 Å². The van der Waals surface area contributed by atoms with E-state index in [1.807, 2.05) is 6.20 Å². The van der Waals surface area contributed by atoms with Gasteiger partial charge in [-0.3, -0.25) is 4.79 Å². The summed E-state index contributed by atoms with van der Waals surface area (Å²) in [7, 11) is 1.74. The van der Waals surface area contributed by atoms with Crippen molar-refractivity contribution in [3.63, 3.8) is 0 Å². The zero-order valence-corrected chi connectivity index (χ0v) is 16.2. The van der Waals surface area contributed by atoms with Gasteiger partial charge in [-0.2, -0.15) is 0 Å². The average molecular weight is 374 g/mol. The minimum Gasteiger partial charge on any atom is -0.381 e. The van der Waals surface area contributed by atoms with Crippen molar-refractivity contribution in [2.24, 2.45) is 5.92 Å². The smallest absolute Gasteiger partial charge is 0.225 e. The summed E-state index contributed by atoms with van der Waals surface area (Å²) in [6, 6.07) is 0.0305. The predicted molar refractivity (Wildman–Crippen MR) is 102 cm³/mol. The van der Waals surface area contributed by atoms with Crippen LogP contribution in [0.25, 0.3) is 0 Å². The van der Waals surface area contributed by atoms with Crippen LogP contribution in [0.3, 0.4) is 0 Å². The molecular weight excluding hydrogens is 344 g/mol. The molecule has 1 N–H and O–H groups in total. The third-order valence-corrected chi connectivity index (χ3v) is 6.11. The lowest BCUT2D eigenvalue weighted by atomic mass is 9.85. The number of nitrogens with one attached hydrogen (secondary N) is 1. The summed E-state index contributed by atoms with van der Waals surface area (Å²) in [4.78, 5) is 24.4. The van der Waals surface area contributed by atoms with Crippen LogP contribution in [0, 0.1) is 5.92 Å². The number of rotatable bonds is 4. The highest BCUT2D eigenvalue weighted by Gasteiger charge is 2.31. The first-order valence-electron chi connectivity index (χ1n) is 10.3. The molecule has 0 spiro atoms. The molecule has 7 nitrogen and oxygen atoms in total. The first-order chi connectivity index (χ1) is 13.2. The molecule has 4 rings (SSSR count). The van der Waals surface area contributed by atoms with Crippen molar-refractivity contribution in [3.8, 4) is 0 Å². The van der Waals surface area contributed by atoms with Crippen molar-refractivity contribution in [1.29, 1.82) is 0 Å². The van der Waals surface area contributed by atoms with Gasteiger partial charge in [0.1, 0.15) is 0 Å². The molecule has 1 amide bonds. The van der Waals surface area contributed by atoms with Crippen molar-refractivity contribution < 1.29 is 14.3 Å². The van der Waals surface area contributed by atoms with Gasteiger partial charge in [0.05, 0.1) is 31.1 Å². The Balaban J connectivity index is 1.44. The quantitative estimate of drug-likeness (QED) is 0.869. The van der Waals surface area contributed by atoms with Gasteiger partial charge in [-0.05, 0) is 38.5 Å². The molecule has 2 heterocycles.